The van der Waals surface area contributed by atoms with Crippen LogP contribution in [0.25, 0.3) is 10.6 Å². The summed E-state index contributed by atoms with van der Waals surface area (Å²) in [7, 11) is 0. The molecule has 3 aromatic rings. The molecule has 1 aromatic carbocycles. The van der Waals surface area contributed by atoms with E-state index in [9.17, 15) is 0 Å². The molecule has 0 bridgehead atoms. The lowest BCUT2D eigenvalue weighted by Gasteiger charge is -2.03. The van der Waals surface area contributed by atoms with Gasteiger partial charge in [-0.1, -0.05) is 12.1 Å². The standard InChI is InChI=1S/C15H10N2O2S/c16-8-11-3-1-4-12(7-11)18-10-15-17-9-13(19-15)14-5-2-6-20-14/h1-7,9H,10H2. The highest BCUT2D eigenvalue weighted by atomic mass is 32.1. The Hall–Kier alpha value is -2.58. The zero-order valence-corrected chi connectivity index (χ0v) is 11.3. The van der Waals surface area contributed by atoms with Gasteiger partial charge in [0, 0.05) is 0 Å². The fraction of sp³-hybridized carbons (Fsp3) is 0.0667. The van der Waals surface area contributed by atoms with Gasteiger partial charge in [0.2, 0.25) is 5.89 Å². The Labute approximate surface area is 119 Å². The summed E-state index contributed by atoms with van der Waals surface area (Å²) in [6, 6.07) is 13.0. The van der Waals surface area contributed by atoms with E-state index in [2.05, 4.69) is 11.1 Å². The van der Waals surface area contributed by atoms with Gasteiger partial charge in [-0.25, -0.2) is 4.98 Å². The van der Waals surface area contributed by atoms with Gasteiger partial charge in [0.05, 0.1) is 22.7 Å². The van der Waals surface area contributed by atoms with E-state index in [-0.39, 0.29) is 6.61 Å². The van der Waals surface area contributed by atoms with Crippen LogP contribution >= 0.6 is 11.3 Å². The lowest BCUT2D eigenvalue weighted by Crippen LogP contribution is -1.95. The van der Waals surface area contributed by atoms with E-state index in [1.165, 1.54) is 0 Å². The number of rotatable bonds is 4. The van der Waals surface area contributed by atoms with Crippen LogP contribution in [0.2, 0.25) is 0 Å². The summed E-state index contributed by atoms with van der Waals surface area (Å²) in [5.41, 5.74) is 0.564. The van der Waals surface area contributed by atoms with Crippen molar-refractivity contribution in [3.63, 3.8) is 0 Å². The topological polar surface area (TPSA) is 59.0 Å². The molecule has 2 aromatic heterocycles. The first-order valence-electron chi connectivity index (χ1n) is 5.97. The Morgan fingerprint density at radius 1 is 1.30 bits per heavy atom. The number of nitriles is 1. The van der Waals surface area contributed by atoms with Gasteiger partial charge in [0.1, 0.15) is 5.75 Å². The van der Waals surface area contributed by atoms with Crippen molar-refractivity contribution in [2.24, 2.45) is 0 Å². The van der Waals surface area contributed by atoms with Gasteiger partial charge in [-0.15, -0.1) is 11.3 Å². The van der Waals surface area contributed by atoms with Crippen LogP contribution in [0.3, 0.4) is 0 Å². The molecule has 0 saturated heterocycles. The Morgan fingerprint density at radius 3 is 3.05 bits per heavy atom. The van der Waals surface area contributed by atoms with Crippen LogP contribution in [0.4, 0.5) is 0 Å². The summed E-state index contributed by atoms with van der Waals surface area (Å²) in [6.45, 7) is 0.236. The van der Waals surface area contributed by atoms with Crippen LogP contribution < -0.4 is 4.74 Å². The number of benzene rings is 1. The third-order valence-electron chi connectivity index (χ3n) is 2.64. The van der Waals surface area contributed by atoms with Crippen molar-refractivity contribution in [3.8, 4) is 22.5 Å². The van der Waals surface area contributed by atoms with Crippen LogP contribution in [0, 0.1) is 11.3 Å². The van der Waals surface area contributed by atoms with Crippen molar-refractivity contribution in [2.75, 3.05) is 0 Å². The summed E-state index contributed by atoms with van der Waals surface area (Å²) >= 11 is 1.60. The summed E-state index contributed by atoms with van der Waals surface area (Å²) in [5.74, 6) is 1.88. The SMILES string of the molecule is N#Cc1cccc(OCc2ncc(-c3cccs3)o2)c1. The van der Waals surface area contributed by atoms with Crippen LogP contribution in [-0.4, -0.2) is 4.98 Å². The summed E-state index contributed by atoms with van der Waals surface area (Å²) in [6.07, 6.45) is 1.69. The maximum Gasteiger partial charge on any atom is 0.232 e. The number of thiophene rings is 1. The average molecular weight is 282 g/mol. The van der Waals surface area contributed by atoms with E-state index < -0.39 is 0 Å². The first-order valence-corrected chi connectivity index (χ1v) is 6.84. The molecule has 5 heteroatoms. The summed E-state index contributed by atoms with van der Waals surface area (Å²) < 4.78 is 11.2. The second kappa shape index (κ2) is 5.59. The number of ether oxygens (including phenoxy) is 1. The van der Waals surface area contributed by atoms with Crippen LogP contribution in [-0.2, 0) is 6.61 Å². The lowest BCUT2D eigenvalue weighted by atomic mass is 10.2. The number of oxazole rings is 1. The molecule has 2 heterocycles. The molecule has 0 aliphatic rings. The van der Waals surface area contributed by atoms with Crippen LogP contribution in [0.15, 0.2) is 52.4 Å². The maximum absolute atomic E-state index is 8.82. The Balaban J connectivity index is 1.68. The zero-order chi connectivity index (χ0) is 13.8. The first kappa shape index (κ1) is 12.5. The number of hydrogen-bond acceptors (Lipinski definition) is 5. The molecule has 0 spiro atoms. The Morgan fingerprint density at radius 2 is 2.25 bits per heavy atom. The molecule has 0 N–H and O–H groups in total. The van der Waals surface area contributed by atoms with E-state index in [1.54, 1.807) is 41.8 Å². The second-order valence-electron chi connectivity index (χ2n) is 4.02. The van der Waals surface area contributed by atoms with Gasteiger partial charge in [-0.2, -0.15) is 5.26 Å². The largest absolute Gasteiger partial charge is 0.484 e. The Bertz CT molecular complexity index is 741. The molecule has 4 nitrogen and oxygen atoms in total. The van der Waals surface area contributed by atoms with Crippen LogP contribution in [0.1, 0.15) is 11.5 Å². The van der Waals surface area contributed by atoms with Gasteiger partial charge in [-0.3, -0.25) is 0 Å². The first-order chi connectivity index (χ1) is 9.85. The highest BCUT2D eigenvalue weighted by molar-refractivity contribution is 7.13. The third kappa shape index (κ3) is 2.71. The minimum Gasteiger partial charge on any atom is -0.484 e. The quantitative estimate of drug-likeness (QED) is 0.729. The number of aromatic nitrogens is 1. The van der Waals surface area contributed by atoms with Crippen molar-refractivity contribution < 1.29 is 9.15 Å². The molecule has 0 aliphatic carbocycles. The summed E-state index contributed by atoms with van der Waals surface area (Å²) in [5, 5.41) is 10.8. The molecule has 0 radical (unpaired) electrons. The van der Waals surface area contributed by atoms with E-state index in [1.807, 2.05) is 17.5 Å². The molecule has 0 atom stereocenters. The minimum atomic E-state index is 0.236. The molecule has 20 heavy (non-hydrogen) atoms. The monoisotopic (exact) mass is 282 g/mol. The fourth-order valence-corrected chi connectivity index (χ4v) is 2.38. The zero-order valence-electron chi connectivity index (χ0n) is 10.4. The molecule has 98 valence electrons. The molecule has 0 fully saturated rings. The smallest absolute Gasteiger partial charge is 0.232 e. The molecule has 3 rings (SSSR count). The highest BCUT2D eigenvalue weighted by Gasteiger charge is 2.07. The van der Waals surface area contributed by atoms with Crippen molar-refractivity contribution in [2.45, 2.75) is 6.61 Å². The fourth-order valence-electron chi connectivity index (χ4n) is 1.71. The molecule has 0 aliphatic heterocycles. The summed E-state index contributed by atoms with van der Waals surface area (Å²) in [4.78, 5) is 5.22. The number of hydrogen-bond donors (Lipinski definition) is 0. The molecular formula is C15H10N2O2S. The third-order valence-corrected chi connectivity index (χ3v) is 3.53. The molecular weight excluding hydrogens is 272 g/mol. The predicted molar refractivity (Wildman–Crippen MR) is 75.3 cm³/mol. The van der Waals surface area contributed by atoms with Gasteiger partial charge in [0.15, 0.2) is 12.4 Å². The maximum atomic E-state index is 8.82. The van der Waals surface area contributed by atoms with Gasteiger partial charge >= 0.3 is 0 Å². The van der Waals surface area contributed by atoms with Gasteiger partial charge in [-0.05, 0) is 29.6 Å². The predicted octanol–water partition coefficient (Wildman–Crippen LogP) is 3.85. The highest BCUT2D eigenvalue weighted by Crippen LogP contribution is 2.25. The van der Waals surface area contributed by atoms with E-state index in [0.29, 0.717) is 17.2 Å². The van der Waals surface area contributed by atoms with Gasteiger partial charge < -0.3 is 9.15 Å². The van der Waals surface area contributed by atoms with E-state index >= 15 is 0 Å². The second-order valence-corrected chi connectivity index (χ2v) is 4.97. The molecule has 0 unspecified atom stereocenters. The Kier molecular flexibility index (Phi) is 3.48. The molecule has 0 saturated carbocycles. The lowest BCUT2D eigenvalue weighted by molar-refractivity contribution is 0.264. The number of nitrogens with zero attached hydrogens (tertiary/aromatic N) is 2. The van der Waals surface area contributed by atoms with Gasteiger partial charge in [0.25, 0.3) is 0 Å². The van der Waals surface area contributed by atoms with Crippen LogP contribution in [0.5, 0.6) is 5.75 Å². The van der Waals surface area contributed by atoms with Crippen molar-refractivity contribution in [1.82, 2.24) is 4.98 Å². The van der Waals surface area contributed by atoms with E-state index in [4.69, 9.17) is 14.4 Å². The van der Waals surface area contributed by atoms with Crippen molar-refractivity contribution >= 4 is 11.3 Å². The molecule has 0 amide bonds. The minimum absolute atomic E-state index is 0.236. The average Bonchev–Trinajstić information content (AvgIpc) is 3.16. The van der Waals surface area contributed by atoms with Crippen molar-refractivity contribution in [3.05, 3.63) is 59.4 Å². The van der Waals surface area contributed by atoms with Crippen molar-refractivity contribution in [1.29, 1.82) is 5.26 Å². The normalized spacial score (nSPS) is 10.2. The van der Waals surface area contributed by atoms with E-state index in [0.717, 1.165) is 10.6 Å².